The highest BCUT2D eigenvalue weighted by Gasteiger charge is 2.21. The maximum absolute atomic E-state index is 12.6. The molecule has 0 aliphatic carbocycles. The van der Waals surface area contributed by atoms with Crippen molar-refractivity contribution >= 4 is 22.8 Å². The molecule has 184 valence electrons. The SMILES string of the molecule is O=C(NCCn1ncc2c(N3CCN(Cc4ccccc4)CC3)ncnc21)c1ccc2c(c1)OCO2. The van der Waals surface area contributed by atoms with Crippen LogP contribution in [0.3, 0.4) is 0 Å². The second-order valence-electron chi connectivity index (χ2n) is 8.88. The highest BCUT2D eigenvalue weighted by atomic mass is 16.7. The first-order valence-electron chi connectivity index (χ1n) is 12.1. The van der Waals surface area contributed by atoms with Crippen LogP contribution in [-0.2, 0) is 13.1 Å². The van der Waals surface area contributed by atoms with Gasteiger partial charge in [-0.1, -0.05) is 30.3 Å². The second-order valence-corrected chi connectivity index (χ2v) is 8.88. The number of aromatic nitrogens is 4. The molecule has 0 atom stereocenters. The molecule has 1 amide bonds. The largest absolute Gasteiger partial charge is 0.454 e. The molecule has 2 aromatic heterocycles. The van der Waals surface area contributed by atoms with Gasteiger partial charge in [0.25, 0.3) is 5.91 Å². The zero-order chi connectivity index (χ0) is 24.3. The van der Waals surface area contributed by atoms with E-state index in [-0.39, 0.29) is 12.7 Å². The number of hydrogen-bond acceptors (Lipinski definition) is 8. The molecule has 0 bridgehead atoms. The molecule has 4 heterocycles. The molecule has 10 heteroatoms. The fourth-order valence-electron chi connectivity index (χ4n) is 4.67. The zero-order valence-corrected chi connectivity index (χ0v) is 19.8. The number of hydrogen-bond donors (Lipinski definition) is 1. The van der Waals surface area contributed by atoms with Crippen LogP contribution in [0.25, 0.3) is 11.0 Å². The maximum Gasteiger partial charge on any atom is 0.251 e. The molecule has 10 nitrogen and oxygen atoms in total. The number of benzene rings is 2. The lowest BCUT2D eigenvalue weighted by Gasteiger charge is -2.35. The van der Waals surface area contributed by atoms with E-state index >= 15 is 0 Å². The van der Waals surface area contributed by atoms with Gasteiger partial charge < -0.3 is 19.7 Å². The molecular formula is C26H27N7O3. The second kappa shape index (κ2) is 9.82. The average Bonchev–Trinajstić information content (AvgIpc) is 3.56. The predicted octanol–water partition coefficient (Wildman–Crippen LogP) is 2.31. The Morgan fingerprint density at radius 1 is 0.972 bits per heavy atom. The summed E-state index contributed by atoms with van der Waals surface area (Å²) >= 11 is 0. The van der Waals surface area contributed by atoms with Gasteiger partial charge in [-0.3, -0.25) is 9.69 Å². The van der Waals surface area contributed by atoms with E-state index in [9.17, 15) is 4.79 Å². The summed E-state index contributed by atoms with van der Waals surface area (Å²) in [7, 11) is 0. The van der Waals surface area contributed by atoms with Gasteiger partial charge in [0.15, 0.2) is 17.1 Å². The third-order valence-corrected chi connectivity index (χ3v) is 6.58. The Balaban J connectivity index is 1.07. The van der Waals surface area contributed by atoms with Crippen molar-refractivity contribution in [1.29, 1.82) is 0 Å². The van der Waals surface area contributed by atoms with Gasteiger partial charge in [-0.05, 0) is 23.8 Å². The molecule has 1 saturated heterocycles. The first kappa shape index (κ1) is 22.3. The number of ether oxygens (including phenoxy) is 2. The van der Waals surface area contributed by atoms with Gasteiger partial charge in [0.1, 0.15) is 12.1 Å². The third kappa shape index (κ3) is 4.55. The van der Waals surface area contributed by atoms with Crippen LogP contribution in [0, 0.1) is 0 Å². The Hall–Kier alpha value is -4.18. The van der Waals surface area contributed by atoms with Crippen molar-refractivity contribution in [2.45, 2.75) is 13.1 Å². The molecule has 1 fully saturated rings. The van der Waals surface area contributed by atoms with Gasteiger partial charge in [0, 0.05) is 44.8 Å². The van der Waals surface area contributed by atoms with Gasteiger partial charge in [0.05, 0.1) is 18.1 Å². The number of anilines is 1. The van der Waals surface area contributed by atoms with Crippen molar-refractivity contribution in [2.75, 3.05) is 44.4 Å². The van der Waals surface area contributed by atoms with Crippen molar-refractivity contribution in [3.05, 3.63) is 72.2 Å². The van der Waals surface area contributed by atoms with E-state index in [1.807, 2.05) is 10.9 Å². The molecule has 2 aliphatic heterocycles. The molecule has 2 aromatic carbocycles. The summed E-state index contributed by atoms with van der Waals surface area (Å²) in [6.07, 6.45) is 3.41. The van der Waals surface area contributed by atoms with E-state index in [0.29, 0.717) is 30.2 Å². The average molecular weight is 486 g/mol. The minimum absolute atomic E-state index is 0.173. The van der Waals surface area contributed by atoms with Crippen LogP contribution < -0.4 is 19.7 Å². The Morgan fingerprint density at radius 2 is 1.81 bits per heavy atom. The first-order valence-corrected chi connectivity index (χ1v) is 12.1. The Labute approximate surface area is 208 Å². The number of carbonyl (C=O) groups excluding carboxylic acids is 1. The summed E-state index contributed by atoms with van der Waals surface area (Å²) < 4.78 is 12.5. The van der Waals surface area contributed by atoms with E-state index in [1.54, 1.807) is 24.5 Å². The minimum atomic E-state index is -0.173. The summed E-state index contributed by atoms with van der Waals surface area (Å²) in [6, 6.07) is 15.7. The standard InChI is InChI=1S/C26H27N7O3/c34-26(20-6-7-22-23(14-20)36-18-35-22)27-8-9-33-25-21(15-30-33)24(28-17-29-25)32-12-10-31(11-13-32)16-19-4-2-1-3-5-19/h1-7,14-15,17H,8-13,16,18H2,(H,27,34). The molecule has 0 unspecified atom stereocenters. The van der Waals surface area contributed by atoms with Crippen LogP contribution in [0.2, 0.25) is 0 Å². The molecular weight excluding hydrogens is 458 g/mol. The number of nitrogens with zero attached hydrogens (tertiary/aromatic N) is 6. The normalized spacial score (nSPS) is 15.4. The van der Waals surface area contributed by atoms with Crippen molar-refractivity contribution in [3.63, 3.8) is 0 Å². The van der Waals surface area contributed by atoms with Crippen molar-refractivity contribution in [3.8, 4) is 11.5 Å². The summed E-state index contributed by atoms with van der Waals surface area (Å²) in [5.41, 5.74) is 2.63. The number of piperazine rings is 1. The van der Waals surface area contributed by atoms with Gasteiger partial charge in [-0.15, -0.1) is 0 Å². The van der Waals surface area contributed by atoms with E-state index in [0.717, 1.165) is 49.6 Å². The van der Waals surface area contributed by atoms with Crippen molar-refractivity contribution in [1.82, 2.24) is 30.0 Å². The summed E-state index contributed by atoms with van der Waals surface area (Å²) in [6.45, 7) is 5.80. The molecule has 36 heavy (non-hydrogen) atoms. The van der Waals surface area contributed by atoms with Gasteiger partial charge in [-0.2, -0.15) is 5.10 Å². The van der Waals surface area contributed by atoms with E-state index in [4.69, 9.17) is 9.47 Å². The number of rotatable bonds is 7. The lowest BCUT2D eigenvalue weighted by atomic mass is 10.2. The van der Waals surface area contributed by atoms with Crippen LogP contribution in [0.15, 0.2) is 61.1 Å². The molecule has 0 radical (unpaired) electrons. The summed E-state index contributed by atoms with van der Waals surface area (Å²) in [5.74, 6) is 1.98. The molecule has 6 rings (SSSR count). The lowest BCUT2D eigenvalue weighted by molar-refractivity contribution is 0.0951. The maximum atomic E-state index is 12.6. The zero-order valence-electron chi connectivity index (χ0n) is 19.8. The Kier molecular flexibility index (Phi) is 6.08. The summed E-state index contributed by atoms with van der Waals surface area (Å²) in [4.78, 5) is 26.4. The van der Waals surface area contributed by atoms with Gasteiger partial charge in [-0.25, -0.2) is 14.6 Å². The van der Waals surface area contributed by atoms with E-state index < -0.39 is 0 Å². The van der Waals surface area contributed by atoms with Crippen LogP contribution in [0.1, 0.15) is 15.9 Å². The topological polar surface area (TPSA) is 97.6 Å². The highest BCUT2D eigenvalue weighted by Crippen LogP contribution is 2.32. The van der Waals surface area contributed by atoms with E-state index in [2.05, 4.69) is 60.5 Å². The monoisotopic (exact) mass is 485 g/mol. The Bertz CT molecular complexity index is 1370. The lowest BCUT2D eigenvalue weighted by Crippen LogP contribution is -2.46. The van der Waals surface area contributed by atoms with Crippen LogP contribution >= 0.6 is 0 Å². The molecule has 4 aromatic rings. The smallest absolute Gasteiger partial charge is 0.251 e. The number of nitrogens with one attached hydrogen (secondary N) is 1. The minimum Gasteiger partial charge on any atom is -0.454 e. The van der Waals surface area contributed by atoms with Gasteiger partial charge >= 0.3 is 0 Å². The molecule has 2 aliphatic rings. The van der Waals surface area contributed by atoms with E-state index in [1.165, 1.54) is 5.56 Å². The van der Waals surface area contributed by atoms with Gasteiger partial charge in [0.2, 0.25) is 6.79 Å². The number of fused-ring (bicyclic) bond motifs is 2. The Morgan fingerprint density at radius 3 is 2.67 bits per heavy atom. The first-order chi connectivity index (χ1) is 17.7. The molecule has 0 spiro atoms. The van der Waals surface area contributed by atoms with Crippen LogP contribution in [0.4, 0.5) is 5.82 Å². The highest BCUT2D eigenvalue weighted by molar-refractivity contribution is 5.95. The third-order valence-electron chi connectivity index (χ3n) is 6.58. The number of carbonyl (C=O) groups is 1. The number of amides is 1. The fraction of sp³-hybridized carbons (Fsp3) is 0.308. The molecule has 1 N–H and O–H groups in total. The van der Waals surface area contributed by atoms with Crippen LogP contribution in [0.5, 0.6) is 11.5 Å². The fourth-order valence-corrected chi connectivity index (χ4v) is 4.67. The van der Waals surface area contributed by atoms with Crippen molar-refractivity contribution < 1.29 is 14.3 Å². The molecule has 0 saturated carbocycles. The quantitative estimate of drug-likeness (QED) is 0.426. The predicted molar refractivity (Wildman–Crippen MR) is 134 cm³/mol. The summed E-state index contributed by atoms with van der Waals surface area (Å²) in [5, 5.41) is 8.40. The van der Waals surface area contributed by atoms with Crippen molar-refractivity contribution in [2.24, 2.45) is 0 Å². The van der Waals surface area contributed by atoms with Crippen LogP contribution in [-0.4, -0.2) is 70.1 Å².